The normalized spacial score (nSPS) is 10.7. The highest BCUT2D eigenvalue weighted by atomic mass is 31.0. The number of carbonyl (C=O) groups excluding carboxylic acids is 1. The Morgan fingerprint density at radius 1 is 1.31 bits per heavy atom. The molecule has 32 heavy (non-hydrogen) atoms. The Bertz CT molecular complexity index is 1190. The van der Waals surface area contributed by atoms with Crippen LogP contribution in [-0.4, -0.2) is 16.0 Å². The predicted octanol–water partition coefficient (Wildman–Crippen LogP) is 4.25. The Morgan fingerprint density at radius 3 is 2.75 bits per heavy atom. The highest BCUT2D eigenvalue weighted by Crippen LogP contribution is 2.30. The minimum Gasteiger partial charge on any atom is -0.508 e. The number of hydrogen-bond acceptors (Lipinski definition) is 6. The molecule has 0 saturated heterocycles. The van der Waals surface area contributed by atoms with Gasteiger partial charge in [0.2, 0.25) is 0 Å². The van der Waals surface area contributed by atoms with Gasteiger partial charge in [-0.25, -0.2) is 4.98 Å². The van der Waals surface area contributed by atoms with E-state index < -0.39 is 0 Å². The molecule has 7 nitrogen and oxygen atoms in total. The molecule has 0 fully saturated rings. The molecule has 1 unspecified atom stereocenters. The zero-order valence-electron chi connectivity index (χ0n) is 17.6. The second-order valence-electron chi connectivity index (χ2n) is 7.04. The molecule has 1 aromatic heterocycles. The van der Waals surface area contributed by atoms with E-state index in [-0.39, 0.29) is 11.7 Å². The molecule has 0 aliphatic heterocycles. The summed E-state index contributed by atoms with van der Waals surface area (Å²) in [4.78, 5) is 17.1. The average molecular weight is 445 g/mol. The molecule has 0 aliphatic carbocycles. The van der Waals surface area contributed by atoms with E-state index in [1.165, 1.54) is 10.7 Å². The molecule has 4 N–H and O–H groups in total. The van der Waals surface area contributed by atoms with E-state index in [4.69, 9.17) is 5.73 Å². The maximum atomic E-state index is 12.8. The van der Waals surface area contributed by atoms with E-state index in [1.54, 1.807) is 42.6 Å². The molecule has 162 valence electrons. The van der Waals surface area contributed by atoms with E-state index in [1.807, 2.05) is 25.1 Å². The predicted molar refractivity (Wildman–Crippen MR) is 131 cm³/mol. The van der Waals surface area contributed by atoms with Crippen LogP contribution >= 0.6 is 9.39 Å². The number of nitrogens with one attached hydrogen (secondary N) is 1. The summed E-state index contributed by atoms with van der Waals surface area (Å²) in [5.41, 5.74) is 10.1. The summed E-state index contributed by atoms with van der Waals surface area (Å²) in [6.07, 6.45) is 5.45. The number of nitrogen functional groups attached to an aromatic ring is 1. The number of carbonyl (C=O) groups is 1. The summed E-state index contributed by atoms with van der Waals surface area (Å²) in [5, 5.41) is 22.0. The highest BCUT2D eigenvalue weighted by molar-refractivity contribution is 7.21. The van der Waals surface area contributed by atoms with Crippen molar-refractivity contribution in [2.75, 3.05) is 15.7 Å². The zero-order valence-corrected chi connectivity index (χ0v) is 18.8. The Kier molecular flexibility index (Phi) is 7.43. The molecule has 2 aromatic carbocycles. The van der Waals surface area contributed by atoms with Crippen molar-refractivity contribution in [2.45, 2.75) is 19.9 Å². The average Bonchev–Trinajstić information content (AvgIpc) is 2.82. The number of aromatic hydroxyl groups is 1. The lowest BCUT2D eigenvalue weighted by molar-refractivity contribution is -0.112. The number of aromatic nitrogens is 1. The summed E-state index contributed by atoms with van der Waals surface area (Å²) < 4.78 is 1.34. The van der Waals surface area contributed by atoms with Gasteiger partial charge in [0.1, 0.15) is 11.6 Å². The molecule has 3 aromatic rings. The molecule has 0 spiro atoms. The number of phenols is 1. The number of anilines is 3. The van der Waals surface area contributed by atoms with Gasteiger partial charge in [0.25, 0.3) is 5.91 Å². The van der Waals surface area contributed by atoms with Crippen LogP contribution in [0.4, 0.5) is 17.2 Å². The van der Waals surface area contributed by atoms with Crippen molar-refractivity contribution >= 4 is 38.6 Å². The molecule has 8 heteroatoms. The van der Waals surface area contributed by atoms with Gasteiger partial charge in [-0.05, 0) is 69.4 Å². The van der Waals surface area contributed by atoms with Gasteiger partial charge in [-0.3, -0.25) is 9.46 Å². The fourth-order valence-electron chi connectivity index (χ4n) is 3.12. The van der Waals surface area contributed by atoms with E-state index in [9.17, 15) is 15.2 Å². The first kappa shape index (κ1) is 22.8. The molecule has 0 saturated carbocycles. The maximum Gasteiger partial charge on any atom is 0.253 e. The molecule has 0 bridgehead atoms. The van der Waals surface area contributed by atoms with Crippen LogP contribution in [0, 0.1) is 11.3 Å². The van der Waals surface area contributed by atoms with Crippen molar-refractivity contribution in [3.05, 3.63) is 83.1 Å². The van der Waals surface area contributed by atoms with E-state index in [2.05, 4.69) is 25.8 Å². The summed E-state index contributed by atoms with van der Waals surface area (Å²) in [7, 11) is 2.35. The number of nitrogens with two attached hydrogens (primary N) is 1. The van der Waals surface area contributed by atoms with Crippen molar-refractivity contribution in [1.29, 1.82) is 5.26 Å². The fourth-order valence-corrected chi connectivity index (χ4v) is 3.43. The SMILES string of the molecule is CCc1cc(N)c(N(P)C(=O)/C=C/c2cccnc2NCc2ccc(O)cc2)cc1C#N. The minimum absolute atomic E-state index is 0.211. The molecule has 0 aliphatic rings. The van der Waals surface area contributed by atoms with Gasteiger partial charge < -0.3 is 16.2 Å². The molecule has 3 rings (SSSR count). The second kappa shape index (κ2) is 10.4. The maximum absolute atomic E-state index is 12.8. The summed E-state index contributed by atoms with van der Waals surface area (Å²) >= 11 is 0. The molecule has 1 amide bonds. The number of rotatable bonds is 7. The van der Waals surface area contributed by atoms with Gasteiger partial charge in [0, 0.05) is 24.4 Å². The smallest absolute Gasteiger partial charge is 0.253 e. The third kappa shape index (κ3) is 5.42. The van der Waals surface area contributed by atoms with E-state index >= 15 is 0 Å². The van der Waals surface area contributed by atoms with Gasteiger partial charge in [0.15, 0.2) is 0 Å². The van der Waals surface area contributed by atoms with Crippen molar-refractivity contribution in [3.63, 3.8) is 0 Å². The van der Waals surface area contributed by atoms with Gasteiger partial charge in [-0.15, -0.1) is 0 Å². The first-order valence-electron chi connectivity index (χ1n) is 9.99. The number of amides is 1. The number of nitriles is 1. The summed E-state index contributed by atoms with van der Waals surface area (Å²) in [6, 6.07) is 16.0. The van der Waals surface area contributed by atoms with Crippen molar-refractivity contribution in [1.82, 2.24) is 4.98 Å². The quantitative estimate of drug-likeness (QED) is 0.284. The summed E-state index contributed by atoms with van der Waals surface area (Å²) in [6.45, 7) is 2.46. The Balaban J connectivity index is 1.76. The lowest BCUT2D eigenvalue weighted by Crippen LogP contribution is -2.19. The first-order valence-corrected chi connectivity index (χ1v) is 10.5. The molecular weight excluding hydrogens is 421 g/mol. The monoisotopic (exact) mass is 445 g/mol. The van der Waals surface area contributed by atoms with Gasteiger partial charge >= 0.3 is 0 Å². The van der Waals surface area contributed by atoms with Gasteiger partial charge in [0.05, 0.1) is 23.0 Å². The lowest BCUT2D eigenvalue weighted by atomic mass is 10.0. The lowest BCUT2D eigenvalue weighted by Gasteiger charge is -2.19. The molecule has 1 heterocycles. The van der Waals surface area contributed by atoms with Crippen LogP contribution in [0.2, 0.25) is 0 Å². The van der Waals surface area contributed by atoms with Crippen LogP contribution in [0.25, 0.3) is 6.08 Å². The number of nitrogens with zero attached hydrogens (tertiary/aromatic N) is 3. The number of aryl methyl sites for hydroxylation is 1. The summed E-state index contributed by atoms with van der Waals surface area (Å²) in [5.74, 6) is 0.518. The Morgan fingerprint density at radius 2 is 2.06 bits per heavy atom. The second-order valence-corrected chi connectivity index (χ2v) is 7.55. The van der Waals surface area contributed by atoms with Crippen LogP contribution in [0.15, 0.2) is 60.8 Å². The van der Waals surface area contributed by atoms with Gasteiger partial charge in [-0.2, -0.15) is 5.26 Å². The van der Waals surface area contributed by atoms with Crippen LogP contribution in [0.3, 0.4) is 0 Å². The van der Waals surface area contributed by atoms with Crippen LogP contribution in [0.5, 0.6) is 5.75 Å². The zero-order chi connectivity index (χ0) is 23.1. The van der Waals surface area contributed by atoms with Crippen molar-refractivity contribution < 1.29 is 9.90 Å². The standard InChI is InChI=1S/C24H24N5O2P/c1-2-17-12-21(26)22(13-19(17)14-25)29(32)23(31)10-7-18-4-3-11-27-24(18)28-15-16-5-8-20(30)9-6-16/h3-13,30H,2,15,26,32H2,1H3,(H,27,28)/b10-7+. The third-order valence-corrected chi connectivity index (χ3v) is 5.42. The van der Waals surface area contributed by atoms with E-state index in [0.717, 1.165) is 16.7 Å². The van der Waals surface area contributed by atoms with Crippen LogP contribution < -0.4 is 15.7 Å². The minimum atomic E-state index is -0.317. The molecule has 0 radical (unpaired) electrons. The van der Waals surface area contributed by atoms with Crippen molar-refractivity contribution in [2.24, 2.45) is 0 Å². The number of phenolic OH excluding ortho intramolecular Hbond substituents is 1. The number of pyridine rings is 1. The Hall–Kier alpha value is -3.88. The van der Waals surface area contributed by atoms with E-state index in [0.29, 0.717) is 35.7 Å². The first-order chi connectivity index (χ1) is 15.4. The van der Waals surface area contributed by atoms with Gasteiger partial charge in [-0.1, -0.05) is 19.1 Å². The fraction of sp³-hybridized carbons (Fsp3) is 0.125. The topological polar surface area (TPSA) is 115 Å². The van der Waals surface area contributed by atoms with Crippen LogP contribution in [-0.2, 0) is 17.8 Å². The highest BCUT2D eigenvalue weighted by Gasteiger charge is 2.15. The van der Waals surface area contributed by atoms with Crippen LogP contribution in [0.1, 0.15) is 29.2 Å². The molecular formula is C24H24N5O2P. The largest absolute Gasteiger partial charge is 0.508 e. The third-order valence-electron chi connectivity index (χ3n) is 4.89. The molecule has 1 atom stereocenters. The number of hydrogen-bond donors (Lipinski definition) is 3. The van der Waals surface area contributed by atoms with Crippen molar-refractivity contribution in [3.8, 4) is 11.8 Å². The Labute approximate surface area is 189 Å². The number of benzene rings is 2.